The molecule has 0 saturated carbocycles. The molecule has 0 atom stereocenters. The summed E-state index contributed by atoms with van der Waals surface area (Å²) in [4.78, 5) is 34.7. The lowest BCUT2D eigenvalue weighted by Crippen LogP contribution is -2.23. The number of para-hydroxylation sites is 1. The van der Waals surface area contributed by atoms with Gasteiger partial charge in [0.2, 0.25) is 5.91 Å². The number of nitrogens with zero attached hydrogens (tertiary/aromatic N) is 4. The van der Waals surface area contributed by atoms with Crippen LogP contribution in [0, 0.1) is 13.8 Å². The van der Waals surface area contributed by atoms with Crippen LogP contribution < -0.4 is 10.9 Å². The van der Waals surface area contributed by atoms with E-state index in [9.17, 15) is 9.59 Å². The number of carbonyl (C=O) groups is 1. The highest BCUT2D eigenvalue weighted by molar-refractivity contribution is 7.99. The van der Waals surface area contributed by atoms with Crippen molar-refractivity contribution < 1.29 is 4.79 Å². The summed E-state index contributed by atoms with van der Waals surface area (Å²) in [5, 5.41) is 3.43. The first-order chi connectivity index (χ1) is 15.9. The summed E-state index contributed by atoms with van der Waals surface area (Å²) < 4.78 is 3.29. The van der Waals surface area contributed by atoms with Crippen LogP contribution in [0.15, 0.2) is 76.7 Å². The smallest absolute Gasteiger partial charge is 0.295 e. The van der Waals surface area contributed by atoms with Crippen molar-refractivity contribution >= 4 is 23.4 Å². The van der Waals surface area contributed by atoms with Gasteiger partial charge in [-0.1, -0.05) is 60.3 Å². The average molecular weight is 460 g/mol. The van der Waals surface area contributed by atoms with Gasteiger partial charge in [0, 0.05) is 30.5 Å². The van der Waals surface area contributed by atoms with Gasteiger partial charge in [0.25, 0.3) is 5.56 Å². The molecule has 0 aliphatic heterocycles. The third-order valence-corrected chi connectivity index (χ3v) is 6.13. The number of aryl methyl sites for hydroxylation is 1. The van der Waals surface area contributed by atoms with Gasteiger partial charge in [-0.05, 0) is 32.0 Å². The van der Waals surface area contributed by atoms with Gasteiger partial charge in [0.15, 0.2) is 5.16 Å². The molecule has 0 spiro atoms. The third kappa shape index (κ3) is 5.06. The zero-order chi connectivity index (χ0) is 23.4. The number of anilines is 1. The quantitative estimate of drug-likeness (QED) is 0.328. The largest absolute Gasteiger partial charge is 0.320 e. The van der Waals surface area contributed by atoms with E-state index in [0.29, 0.717) is 22.3 Å². The van der Waals surface area contributed by atoms with E-state index in [-0.39, 0.29) is 17.9 Å². The Labute approximate surface area is 196 Å². The van der Waals surface area contributed by atoms with Gasteiger partial charge in [-0.3, -0.25) is 14.3 Å². The topological polar surface area (TPSA) is 81.8 Å². The van der Waals surface area contributed by atoms with Crippen molar-refractivity contribution in [2.45, 2.75) is 25.4 Å². The maximum absolute atomic E-state index is 13.0. The SMILES string of the molecule is Cc1cc(-c2ccccc2)nc(SCCC(=O)Nc2c(C)n(C)n(-c3ccccc3)c2=O)n1. The number of rotatable bonds is 7. The van der Waals surface area contributed by atoms with Gasteiger partial charge in [-0.15, -0.1) is 0 Å². The summed E-state index contributed by atoms with van der Waals surface area (Å²) >= 11 is 1.42. The van der Waals surface area contributed by atoms with E-state index in [1.54, 1.807) is 16.4 Å². The van der Waals surface area contributed by atoms with Crippen molar-refractivity contribution in [2.24, 2.45) is 7.05 Å². The first-order valence-electron chi connectivity index (χ1n) is 10.6. The van der Waals surface area contributed by atoms with E-state index < -0.39 is 0 Å². The molecule has 2 aromatic carbocycles. The molecule has 7 nitrogen and oxygen atoms in total. The summed E-state index contributed by atoms with van der Waals surface area (Å²) in [6.45, 7) is 3.75. The molecule has 0 bridgehead atoms. The van der Waals surface area contributed by atoms with Crippen molar-refractivity contribution in [3.8, 4) is 16.9 Å². The van der Waals surface area contributed by atoms with Crippen molar-refractivity contribution in [3.05, 3.63) is 88.5 Å². The molecular formula is C25H25N5O2S. The molecule has 4 rings (SSSR count). The Morgan fingerprint density at radius 1 is 1.00 bits per heavy atom. The van der Waals surface area contributed by atoms with Gasteiger partial charge in [0.1, 0.15) is 5.69 Å². The third-order valence-electron chi connectivity index (χ3n) is 5.28. The van der Waals surface area contributed by atoms with Crippen molar-refractivity contribution in [2.75, 3.05) is 11.1 Å². The molecule has 1 amide bonds. The molecule has 4 aromatic rings. The number of benzene rings is 2. The molecule has 0 radical (unpaired) electrons. The van der Waals surface area contributed by atoms with E-state index in [4.69, 9.17) is 0 Å². The Kier molecular flexibility index (Phi) is 6.74. The molecule has 0 aliphatic carbocycles. The second-order valence-electron chi connectivity index (χ2n) is 7.63. The predicted octanol–water partition coefficient (Wildman–Crippen LogP) is 4.37. The minimum atomic E-state index is -0.253. The summed E-state index contributed by atoms with van der Waals surface area (Å²) in [6.07, 6.45) is 0.238. The van der Waals surface area contributed by atoms with Crippen LogP contribution in [0.1, 0.15) is 17.8 Å². The molecule has 2 heterocycles. The molecule has 1 N–H and O–H groups in total. The Hall–Kier alpha value is -3.65. The van der Waals surface area contributed by atoms with E-state index in [2.05, 4.69) is 15.3 Å². The number of nitrogens with one attached hydrogen (secondary N) is 1. The molecule has 8 heteroatoms. The molecule has 2 aromatic heterocycles. The van der Waals surface area contributed by atoms with Crippen LogP contribution >= 0.6 is 11.8 Å². The first-order valence-corrected chi connectivity index (χ1v) is 11.6. The normalized spacial score (nSPS) is 10.9. The van der Waals surface area contributed by atoms with Crippen LogP contribution in [-0.4, -0.2) is 31.0 Å². The van der Waals surface area contributed by atoms with Crippen LogP contribution in [-0.2, 0) is 11.8 Å². The highest BCUT2D eigenvalue weighted by Crippen LogP contribution is 2.22. The fourth-order valence-corrected chi connectivity index (χ4v) is 4.35. The fraction of sp³-hybridized carbons (Fsp3) is 0.200. The monoisotopic (exact) mass is 459 g/mol. The Bertz CT molecular complexity index is 1330. The van der Waals surface area contributed by atoms with Crippen LogP contribution in [0.25, 0.3) is 16.9 Å². The fourth-order valence-electron chi connectivity index (χ4n) is 3.51. The highest BCUT2D eigenvalue weighted by Gasteiger charge is 2.18. The minimum absolute atomic E-state index is 0.218. The van der Waals surface area contributed by atoms with Gasteiger partial charge in [-0.2, -0.15) is 0 Å². The Morgan fingerprint density at radius 3 is 2.36 bits per heavy atom. The molecule has 168 valence electrons. The number of amides is 1. The number of hydrogen-bond donors (Lipinski definition) is 1. The van der Waals surface area contributed by atoms with Crippen LogP contribution in [0.5, 0.6) is 0 Å². The zero-order valence-electron chi connectivity index (χ0n) is 18.8. The summed E-state index contributed by atoms with van der Waals surface area (Å²) in [5.41, 5.74) is 4.24. The Morgan fingerprint density at radius 2 is 1.67 bits per heavy atom. The van der Waals surface area contributed by atoms with Crippen molar-refractivity contribution in [3.63, 3.8) is 0 Å². The minimum Gasteiger partial charge on any atom is -0.320 e. The maximum Gasteiger partial charge on any atom is 0.295 e. The van der Waals surface area contributed by atoms with Crippen molar-refractivity contribution in [1.29, 1.82) is 0 Å². The lowest BCUT2D eigenvalue weighted by molar-refractivity contribution is -0.115. The van der Waals surface area contributed by atoms with E-state index in [1.165, 1.54) is 11.8 Å². The zero-order valence-corrected chi connectivity index (χ0v) is 19.6. The number of carbonyl (C=O) groups excluding carboxylic acids is 1. The standard InChI is InChI=1S/C25H25N5O2S/c1-17-16-21(19-10-6-4-7-11-19)27-25(26-17)33-15-14-22(31)28-23-18(2)29(3)30(24(23)32)20-12-8-5-9-13-20/h4-13,16H,14-15H2,1-3H3,(H,28,31). The summed E-state index contributed by atoms with van der Waals surface area (Å²) in [6, 6.07) is 21.2. The van der Waals surface area contributed by atoms with Crippen LogP contribution in [0.4, 0.5) is 5.69 Å². The number of aromatic nitrogens is 4. The number of thioether (sulfide) groups is 1. The lowest BCUT2D eigenvalue weighted by atomic mass is 10.1. The molecule has 0 aliphatic rings. The number of hydrogen-bond acceptors (Lipinski definition) is 5. The van der Waals surface area contributed by atoms with Gasteiger partial charge in [-0.25, -0.2) is 14.6 Å². The summed E-state index contributed by atoms with van der Waals surface area (Å²) in [7, 11) is 1.80. The van der Waals surface area contributed by atoms with Gasteiger partial charge in [0.05, 0.1) is 17.1 Å². The van der Waals surface area contributed by atoms with E-state index >= 15 is 0 Å². The second kappa shape index (κ2) is 9.87. The molecular weight excluding hydrogens is 434 g/mol. The average Bonchev–Trinajstić information content (AvgIpc) is 3.03. The molecule has 0 unspecified atom stereocenters. The van der Waals surface area contributed by atoms with Crippen LogP contribution in [0.3, 0.4) is 0 Å². The predicted molar refractivity (Wildman–Crippen MR) is 132 cm³/mol. The van der Waals surface area contributed by atoms with E-state index in [0.717, 1.165) is 22.6 Å². The highest BCUT2D eigenvalue weighted by atomic mass is 32.2. The Balaban J connectivity index is 1.42. The molecule has 0 fully saturated rings. The maximum atomic E-state index is 13.0. The van der Waals surface area contributed by atoms with Gasteiger partial charge < -0.3 is 5.32 Å². The van der Waals surface area contributed by atoms with E-state index in [1.807, 2.05) is 80.6 Å². The summed E-state index contributed by atoms with van der Waals surface area (Å²) in [5.74, 6) is 0.284. The van der Waals surface area contributed by atoms with Crippen molar-refractivity contribution in [1.82, 2.24) is 19.3 Å². The molecule has 33 heavy (non-hydrogen) atoms. The second-order valence-corrected chi connectivity index (χ2v) is 8.69. The van der Waals surface area contributed by atoms with Crippen LogP contribution in [0.2, 0.25) is 0 Å². The first kappa shape index (κ1) is 22.5. The molecule has 0 saturated heterocycles. The lowest BCUT2D eigenvalue weighted by Gasteiger charge is -2.07. The van der Waals surface area contributed by atoms with Gasteiger partial charge >= 0.3 is 0 Å².